The summed E-state index contributed by atoms with van der Waals surface area (Å²) in [6.45, 7) is 3.57. The quantitative estimate of drug-likeness (QED) is 0.644. The van der Waals surface area contributed by atoms with Crippen LogP contribution < -0.4 is 5.32 Å². The lowest BCUT2D eigenvalue weighted by Gasteiger charge is -2.21. The Morgan fingerprint density at radius 3 is 2.88 bits per heavy atom. The van der Waals surface area contributed by atoms with Gasteiger partial charge < -0.3 is 19.5 Å². The molecule has 1 amide bonds. The topological polar surface area (TPSA) is 73.9 Å². The maximum Gasteiger partial charge on any atom is 0.307 e. The summed E-state index contributed by atoms with van der Waals surface area (Å²) >= 11 is 0. The Morgan fingerprint density at radius 1 is 1.44 bits per heavy atom. The van der Waals surface area contributed by atoms with Gasteiger partial charge in [-0.3, -0.25) is 9.59 Å². The second-order valence-corrected chi connectivity index (χ2v) is 3.28. The van der Waals surface area contributed by atoms with E-state index in [1.54, 1.807) is 6.92 Å². The van der Waals surface area contributed by atoms with Gasteiger partial charge in [0, 0.05) is 6.54 Å². The van der Waals surface area contributed by atoms with E-state index in [1.165, 1.54) is 0 Å². The molecule has 0 radical (unpaired) electrons. The third-order valence-electron chi connectivity index (χ3n) is 2.04. The molecule has 0 bridgehead atoms. The van der Waals surface area contributed by atoms with E-state index >= 15 is 0 Å². The van der Waals surface area contributed by atoms with Crippen molar-refractivity contribution in [2.24, 2.45) is 0 Å². The highest BCUT2D eigenvalue weighted by molar-refractivity contribution is 5.81. The lowest BCUT2D eigenvalue weighted by atomic mass is 10.3. The SMILES string of the molecule is CCOC(=O)CCNC(=O)C1COCCO1. The number of esters is 1. The van der Waals surface area contributed by atoms with Crippen molar-refractivity contribution < 1.29 is 23.8 Å². The standard InChI is InChI=1S/C10H17NO5/c1-2-15-9(12)3-4-11-10(13)8-7-14-5-6-16-8/h8H,2-7H2,1H3,(H,11,13). The van der Waals surface area contributed by atoms with Crippen LogP contribution in [0.4, 0.5) is 0 Å². The normalized spacial score (nSPS) is 20.2. The van der Waals surface area contributed by atoms with Gasteiger partial charge in [0.2, 0.25) is 0 Å². The van der Waals surface area contributed by atoms with E-state index in [-0.39, 0.29) is 31.4 Å². The molecule has 0 aromatic rings. The van der Waals surface area contributed by atoms with Crippen molar-refractivity contribution in [2.75, 3.05) is 33.0 Å². The fourth-order valence-electron chi connectivity index (χ4n) is 1.27. The number of carbonyl (C=O) groups is 2. The predicted octanol–water partition coefficient (Wildman–Crippen LogP) is -0.529. The van der Waals surface area contributed by atoms with Crippen molar-refractivity contribution in [1.29, 1.82) is 0 Å². The molecule has 1 saturated heterocycles. The first-order valence-corrected chi connectivity index (χ1v) is 5.36. The molecule has 1 fully saturated rings. The summed E-state index contributed by atoms with van der Waals surface area (Å²) in [5.74, 6) is -0.562. The van der Waals surface area contributed by atoms with Gasteiger partial charge in [0.25, 0.3) is 5.91 Å². The first kappa shape index (κ1) is 12.9. The van der Waals surface area contributed by atoms with E-state index in [9.17, 15) is 9.59 Å². The van der Waals surface area contributed by atoms with Crippen LogP contribution in [0.3, 0.4) is 0 Å². The van der Waals surface area contributed by atoms with Crippen LogP contribution in [0.25, 0.3) is 0 Å². The molecule has 0 aromatic heterocycles. The summed E-state index contributed by atoms with van der Waals surface area (Å²) in [7, 11) is 0. The number of nitrogens with one attached hydrogen (secondary N) is 1. The van der Waals surface area contributed by atoms with Crippen LogP contribution >= 0.6 is 0 Å². The molecule has 1 heterocycles. The molecule has 1 aliphatic rings. The summed E-state index contributed by atoms with van der Waals surface area (Å²) in [5, 5.41) is 2.60. The molecule has 0 saturated carbocycles. The highest BCUT2D eigenvalue weighted by Gasteiger charge is 2.22. The molecule has 0 aromatic carbocycles. The highest BCUT2D eigenvalue weighted by atomic mass is 16.6. The van der Waals surface area contributed by atoms with Gasteiger partial charge in [-0.25, -0.2) is 0 Å². The number of hydrogen-bond acceptors (Lipinski definition) is 5. The fourth-order valence-corrected chi connectivity index (χ4v) is 1.27. The number of hydrogen-bond donors (Lipinski definition) is 1. The molecule has 0 aliphatic carbocycles. The summed E-state index contributed by atoms with van der Waals surface area (Å²) in [6, 6.07) is 0. The Bertz CT molecular complexity index is 237. The average Bonchev–Trinajstić information content (AvgIpc) is 2.30. The lowest BCUT2D eigenvalue weighted by Crippen LogP contribution is -2.43. The van der Waals surface area contributed by atoms with Crippen molar-refractivity contribution in [3.63, 3.8) is 0 Å². The molecule has 1 unspecified atom stereocenters. The largest absolute Gasteiger partial charge is 0.466 e. The Hall–Kier alpha value is -1.14. The summed E-state index contributed by atoms with van der Waals surface area (Å²) in [4.78, 5) is 22.4. The smallest absolute Gasteiger partial charge is 0.307 e. The fraction of sp³-hybridized carbons (Fsp3) is 0.800. The monoisotopic (exact) mass is 231 g/mol. The van der Waals surface area contributed by atoms with E-state index in [4.69, 9.17) is 14.2 Å². The number of amides is 1. The summed E-state index contributed by atoms with van der Waals surface area (Å²) < 4.78 is 15.0. The molecule has 92 valence electrons. The van der Waals surface area contributed by atoms with Crippen LogP contribution in [0.15, 0.2) is 0 Å². The molecule has 1 rings (SSSR count). The number of rotatable bonds is 5. The van der Waals surface area contributed by atoms with Crippen molar-refractivity contribution in [1.82, 2.24) is 5.32 Å². The molecule has 16 heavy (non-hydrogen) atoms. The van der Waals surface area contributed by atoms with E-state index in [0.717, 1.165) is 0 Å². The van der Waals surface area contributed by atoms with E-state index in [2.05, 4.69) is 5.32 Å². The molecule has 1 aliphatic heterocycles. The minimum Gasteiger partial charge on any atom is -0.466 e. The van der Waals surface area contributed by atoms with Crippen molar-refractivity contribution >= 4 is 11.9 Å². The van der Waals surface area contributed by atoms with Crippen LogP contribution in [0.1, 0.15) is 13.3 Å². The highest BCUT2D eigenvalue weighted by Crippen LogP contribution is 2.00. The van der Waals surface area contributed by atoms with Crippen molar-refractivity contribution in [3.05, 3.63) is 0 Å². The Balaban J connectivity index is 2.12. The second-order valence-electron chi connectivity index (χ2n) is 3.28. The minimum absolute atomic E-state index is 0.174. The second kappa shape index (κ2) is 7.19. The molecular formula is C10H17NO5. The van der Waals surface area contributed by atoms with E-state index < -0.39 is 6.10 Å². The Morgan fingerprint density at radius 2 is 2.25 bits per heavy atom. The number of ether oxygens (including phenoxy) is 3. The molecule has 0 spiro atoms. The predicted molar refractivity (Wildman–Crippen MR) is 54.8 cm³/mol. The molecule has 1 atom stereocenters. The third kappa shape index (κ3) is 4.59. The van der Waals surface area contributed by atoms with Crippen LogP contribution in [-0.4, -0.2) is 51.0 Å². The van der Waals surface area contributed by atoms with Gasteiger partial charge in [-0.15, -0.1) is 0 Å². The minimum atomic E-state index is -0.559. The molecular weight excluding hydrogens is 214 g/mol. The van der Waals surface area contributed by atoms with Crippen LogP contribution in [0, 0.1) is 0 Å². The van der Waals surface area contributed by atoms with Crippen LogP contribution in [0.2, 0.25) is 0 Å². The van der Waals surface area contributed by atoms with E-state index in [0.29, 0.717) is 19.8 Å². The van der Waals surface area contributed by atoms with Gasteiger partial charge in [-0.2, -0.15) is 0 Å². The van der Waals surface area contributed by atoms with E-state index in [1.807, 2.05) is 0 Å². The Labute approximate surface area is 94.2 Å². The third-order valence-corrected chi connectivity index (χ3v) is 2.04. The molecule has 6 nitrogen and oxygen atoms in total. The van der Waals surface area contributed by atoms with Gasteiger partial charge in [0.15, 0.2) is 6.10 Å². The van der Waals surface area contributed by atoms with Crippen molar-refractivity contribution in [3.8, 4) is 0 Å². The maximum atomic E-state index is 11.5. The first-order valence-electron chi connectivity index (χ1n) is 5.36. The molecule has 1 N–H and O–H groups in total. The van der Waals surface area contributed by atoms with Crippen LogP contribution in [0.5, 0.6) is 0 Å². The van der Waals surface area contributed by atoms with Gasteiger partial charge in [0.05, 0.1) is 32.8 Å². The zero-order valence-corrected chi connectivity index (χ0v) is 9.36. The van der Waals surface area contributed by atoms with Gasteiger partial charge >= 0.3 is 5.97 Å². The lowest BCUT2D eigenvalue weighted by molar-refractivity contribution is -0.148. The first-order chi connectivity index (χ1) is 7.74. The maximum absolute atomic E-state index is 11.5. The van der Waals surface area contributed by atoms with Gasteiger partial charge in [0.1, 0.15) is 0 Å². The molecule has 6 heteroatoms. The zero-order valence-electron chi connectivity index (χ0n) is 9.36. The average molecular weight is 231 g/mol. The zero-order chi connectivity index (χ0) is 11.8. The number of carbonyl (C=O) groups excluding carboxylic acids is 2. The van der Waals surface area contributed by atoms with Crippen LogP contribution in [-0.2, 0) is 23.8 Å². The Kier molecular flexibility index (Phi) is 5.81. The van der Waals surface area contributed by atoms with Gasteiger partial charge in [-0.1, -0.05) is 0 Å². The summed E-state index contributed by atoms with van der Waals surface area (Å²) in [5.41, 5.74) is 0. The van der Waals surface area contributed by atoms with Crippen molar-refractivity contribution in [2.45, 2.75) is 19.4 Å². The summed E-state index contributed by atoms with van der Waals surface area (Å²) in [6.07, 6.45) is -0.386. The van der Waals surface area contributed by atoms with Gasteiger partial charge in [-0.05, 0) is 6.92 Å².